The van der Waals surface area contributed by atoms with Gasteiger partial charge in [-0.05, 0) is 30.0 Å². The van der Waals surface area contributed by atoms with Gasteiger partial charge < -0.3 is 16.4 Å². The van der Waals surface area contributed by atoms with Crippen molar-refractivity contribution < 1.29 is 4.79 Å². The second-order valence-electron chi connectivity index (χ2n) is 4.48. The molecule has 0 aromatic carbocycles. The minimum absolute atomic E-state index is 0.0269. The van der Waals surface area contributed by atoms with Crippen molar-refractivity contribution in [2.24, 2.45) is 0 Å². The SMILES string of the molecule is Cc1cnc(NCCNC(=O)Cc2cccs2)c(N)c1. The maximum atomic E-state index is 11.7. The van der Waals surface area contributed by atoms with Gasteiger partial charge >= 0.3 is 0 Å². The molecule has 0 aliphatic carbocycles. The lowest BCUT2D eigenvalue weighted by Crippen LogP contribution is -2.30. The van der Waals surface area contributed by atoms with Gasteiger partial charge in [-0.15, -0.1) is 11.3 Å². The fraction of sp³-hybridized carbons (Fsp3) is 0.286. The molecule has 0 radical (unpaired) electrons. The topological polar surface area (TPSA) is 80.0 Å². The fourth-order valence-electron chi connectivity index (χ4n) is 1.76. The Morgan fingerprint density at radius 2 is 2.30 bits per heavy atom. The van der Waals surface area contributed by atoms with Crippen LogP contribution in [-0.4, -0.2) is 24.0 Å². The van der Waals surface area contributed by atoms with E-state index in [9.17, 15) is 4.79 Å². The molecule has 0 spiro atoms. The van der Waals surface area contributed by atoms with Gasteiger partial charge in [-0.25, -0.2) is 4.98 Å². The number of hydrogen-bond acceptors (Lipinski definition) is 5. The Kier molecular flexibility index (Phi) is 4.95. The molecule has 0 saturated carbocycles. The molecular formula is C14H18N4OS. The van der Waals surface area contributed by atoms with Gasteiger partial charge in [-0.3, -0.25) is 4.79 Å². The van der Waals surface area contributed by atoms with Crippen molar-refractivity contribution in [2.45, 2.75) is 13.3 Å². The number of thiophene rings is 1. The summed E-state index contributed by atoms with van der Waals surface area (Å²) in [5.41, 5.74) is 7.49. The van der Waals surface area contributed by atoms with Gasteiger partial charge in [-0.2, -0.15) is 0 Å². The quantitative estimate of drug-likeness (QED) is 0.709. The second kappa shape index (κ2) is 6.91. The second-order valence-corrected chi connectivity index (χ2v) is 5.52. The van der Waals surface area contributed by atoms with Gasteiger partial charge in [0.25, 0.3) is 0 Å². The van der Waals surface area contributed by atoms with Crippen LogP contribution in [0.25, 0.3) is 0 Å². The Bertz CT molecular complexity index is 569. The Hall–Kier alpha value is -2.08. The van der Waals surface area contributed by atoms with Crippen LogP contribution in [0.3, 0.4) is 0 Å². The van der Waals surface area contributed by atoms with Gasteiger partial charge in [0.05, 0.1) is 12.1 Å². The van der Waals surface area contributed by atoms with E-state index in [0.717, 1.165) is 10.4 Å². The molecule has 1 amide bonds. The molecule has 5 nitrogen and oxygen atoms in total. The number of rotatable bonds is 6. The largest absolute Gasteiger partial charge is 0.396 e. The van der Waals surface area contributed by atoms with Crippen molar-refractivity contribution in [3.63, 3.8) is 0 Å². The summed E-state index contributed by atoms with van der Waals surface area (Å²) in [5.74, 6) is 0.683. The van der Waals surface area contributed by atoms with Crippen LogP contribution in [-0.2, 0) is 11.2 Å². The molecule has 20 heavy (non-hydrogen) atoms. The van der Waals surface area contributed by atoms with Gasteiger partial charge in [0.2, 0.25) is 5.91 Å². The summed E-state index contributed by atoms with van der Waals surface area (Å²) in [6.07, 6.45) is 2.19. The first kappa shape index (κ1) is 14.3. The van der Waals surface area contributed by atoms with Crippen molar-refractivity contribution in [3.8, 4) is 0 Å². The van der Waals surface area contributed by atoms with Crippen molar-refractivity contribution in [1.29, 1.82) is 0 Å². The highest BCUT2D eigenvalue weighted by molar-refractivity contribution is 7.10. The van der Waals surface area contributed by atoms with E-state index in [-0.39, 0.29) is 5.91 Å². The number of carbonyl (C=O) groups is 1. The molecular weight excluding hydrogens is 272 g/mol. The number of nitrogens with one attached hydrogen (secondary N) is 2. The normalized spacial score (nSPS) is 10.2. The molecule has 0 aliphatic heterocycles. The van der Waals surface area contributed by atoms with Crippen molar-refractivity contribution in [2.75, 3.05) is 24.1 Å². The average Bonchev–Trinajstić information content (AvgIpc) is 2.89. The molecule has 0 unspecified atom stereocenters. The Balaban J connectivity index is 1.69. The maximum Gasteiger partial charge on any atom is 0.225 e. The lowest BCUT2D eigenvalue weighted by atomic mass is 10.3. The smallest absolute Gasteiger partial charge is 0.225 e. The number of carbonyl (C=O) groups excluding carboxylic acids is 1. The van der Waals surface area contributed by atoms with Gasteiger partial charge in [-0.1, -0.05) is 6.07 Å². The highest BCUT2D eigenvalue weighted by Gasteiger charge is 2.04. The van der Waals surface area contributed by atoms with E-state index in [1.807, 2.05) is 30.5 Å². The van der Waals surface area contributed by atoms with Crippen LogP contribution in [0.1, 0.15) is 10.4 Å². The monoisotopic (exact) mass is 290 g/mol. The minimum Gasteiger partial charge on any atom is -0.396 e. The lowest BCUT2D eigenvalue weighted by molar-refractivity contribution is -0.120. The molecule has 0 bridgehead atoms. The minimum atomic E-state index is 0.0269. The van der Waals surface area contributed by atoms with E-state index in [2.05, 4.69) is 15.6 Å². The van der Waals surface area contributed by atoms with E-state index in [4.69, 9.17) is 5.73 Å². The number of nitrogens with two attached hydrogens (primary N) is 1. The number of anilines is 2. The number of aryl methyl sites for hydroxylation is 1. The third-order valence-electron chi connectivity index (χ3n) is 2.71. The summed E-state index contributed by atoms with van der Waals surface area (Å²) in [6, 6.07) is 5.77. The molecule has 2 aromatic rings. The molecule has 2 rings (SSSR count). The third-order valence-corrected chi connectivity index (χ3v) is 3.58. The van der Waals surface area contributed by atoms with Gasteiger partial charge in [0.15, 0.2) is 0 Å². The predicted octanol–water partition coefficient (Wildman–Crippen LogP) is 1.80. The van der Waals surface area contributed by atoms with Crippen LogP contribution in [0.4, 0.5) is 11.5 Å². The molecule has 0 saturated heterocycles. The summed E-state index contributed by atoms with van der Waals surface area (Å²) >= 11 is 1.59. The number of hydrogen-bond donors (Lipinski definition) is 3. The zero-order valence-electron chi connectivity index (χ0n) is 11.3. The Labute approximate surface area is 122 Å². The van der Waals surface area contributed by atoms with E-state index >= 15 is 0 Å². The van der Waals surface area contributed by atoms with Crippen LogP contribution in [0.15, 0.2) is 29.8 Å². The first-order valence-electron chi connectivity index (χ1n) is 6.40. The molecule has 6 heteroatoms. The summed E-state index contributed by atoms with van der Waals surface area (Å²) < 4.78 is 0. The van der Waals surface area contributed by atoms with Gasteiger partial charge in [0.1, 0.15) is 5.82 Å². The number of aromatic nitrogens is 1. The van der Waals surface area contributed by atoms with Crippen LogP contribution in [0.2, 0.25) is 0 Å². The molecule has 0 aliphatic rings. The summed E-state index contributed by atoms with van der Waals surface area (Å²) in [7, 11) is 0. The Morgan fingerprint density at radius 3 is 3.00 bits per heavy atom. The summed E-state index contributed by atoms with van der Waals surface area (Å²) in [6.45, 7) is 3.08. The van der Waals surface area contributed by atoms with Crippen molar-refractivity contribution in [1.82, 2.24) is 10.3 Å². The lowest BCUT2D eigenvalue weighted by Gasteiger charge is -2.09. The highest BCUT2D eigenvalue weighted by Crippen LogP contribution is 2.15. The summed E-state index contributed by atoms with van der Waals surface area (Å²) in [5, 5.41) is 7.93. The van der Waals surface area contributed by atoms with E-state index in [1.165, 1.54) is 0 Å². The number of nitrogens with zero attached hydrogens (tertiary/aromatic N) is 1. The maximum absolute atomic E-state index is 11.7. The molecule has 0 atom stereocenters. The number of pyridine rings is 1. The van der Waals surface area contributed by atoms with Crippen LogP contribution in [0, 0.1) is 6.92 Å². The molecule has 106 valence electrons. The first-order valence-corrected chi connectivity index (χ1v) is 7.28. The van der Waals surface area contributed by atoms with Crippen LogP contribution >= 0.6 is 11.3 Å². The molecule has 2 heterocycles. The van der Waals surface area contributed by atoms with Crippen molar-refractivity contribution in [3.05, 3.63) is 40.2 Å². The molecule has 0 fully saturated rings. The van der Waals surface area contributed by atoms with Crippen LogP contribution < -0.4 is 16.4 Å². The number of amides is 1. The van der Waals surface area contributed by atoms with Gasteiger partial charge in [0, 0.05) is 24.2 Å². The standard InChI is InChI=1S/C14H18N4OS/c1-10-7-12(15)14(18-9-10)17-5-4-16-13(19)8-11-3-2-6-20-11/h2-3,6-7,9H,4-5,8,15H2,1H3,(H,16,19)(H,17,18). The molecule has 4 N–H and O–H groups in total. The first-order chi connectivity index (χ1) is 9.65. The Morgan fingerprint density at radius 1 is 1.45 bits per heavy atom. The number of nitrogen functional groups attached to an aromatic ring is 1. The zero-order chi connectivity index (χ0) is 14.4. The highest BCUT2D eigenvalue weighted by atomic mass is 32.1. The average molecular weight is 290 g/mol. The predicted molar refractivity (Wildman–Crippen MR) is 82.9 cm³/mol. The molecule has 2 aromatic heterocycles. The van der Waals surface area contributed by atoms with E-state index < -0.39 is 0 Å². The van der Waals surface area contributed by atoms with E-state index in [0.29, 0.717) is 31.0 Å². The fourth-order valence-corrected chi connectivity index (χ4v) is 2.46. The van der Waals surface area contributed by atoms with Crippen LogP contribution in [0.5, 0.6) is 0 Å². The zero-order valence-corrected chi connectivity index (χ0v) is 12.2. The van der Waals surface area contributed by atoms with Crippen molar-refractivity contribution >= 4 is 28.7 Å². The van der Waals surface area contributed by atoms with E-state index in [1.54, 1.807) is 17.5 Å². The summed E-state index contributed by atoms with van der Waals surface area (Å²) in [4.78, 5) is 16.9. The third kappa shape index (κ3) is 4.24.